The average Bonchev–Trinajstić information content (AvgIpc) is 3.29. The van der Waals surface area contributed by atoms with Crippen LogP contribution >= 0.6 is 0 Å². The largest absolute Gasteiger partial charge is 0.381 e. The minimum absolute atomic E-state index is 0.0929. The van der Waals surface area contributed by atoms with Crippen molar-refractivity contribution < 1.29 is 14.3 Å². The molecule has 1 amide bonds. The van der Waals surface area contributed by atoms with Gasteiger partial charge in [-0.05, 0) is 55.6 Å². The highest BCUT2D eigenvalue weighted by atomic mass is 16.5. The predicted octanol–water partition coefficient (Wildman–Crippen LogP) is 2.97. The van der Waals surface area contributed by atoms with Crippen LogP contribution in [0.4, 0.5) is 0 Å². The predicted molar refractivity (Wildman–Crippen MR) is 96.4 cm³/mol. The highest BCUT2D eigenvalue weighted by molar-refractivity contribution is 5.80. The monoisotopic (exact) mass is 343 g/mol. The van der Waals surface area contributed by atoms with Gasteiger partial charge in [0.25, 0.3) is 0 Å². The van der Waals surface area contributed by atoms with Gasteiger partial charge in [-0.25, -0.2) is 0 Å². The zero-order chi connectivity index (χ0) is 17.3. The van der Waals surface area contributed by atoms with Crippen LogP contribution in [0.15, 0.2) is 24.3 Å². The second-order valence-corrected chi connectivity index (χ2v) is 8.06. The van der Waals surface area contributed by atoms with E-state index < -0.39 is 0 Å². The molecule has 4 nitrogen and oxygen atoms in total. The van der Waals surface area contributed by atoms with E-state index in [2.05, 4.69) is 19.1 Å². The second kappa shape index (κ2) is 7.08. The molecule has 4 heteroatoms. The third-order valence-electron chi connectivity index (χ3n) is 6.13. The summed E-state index contributed by atoms with van der Waals surface area (Å²) < 4.78 is 11.9. The SMILES string of the molecule is Cc1ccccc1CC(=O)N1CC2(C1)OCC[C@H]2CCOCC1CC1. The highest BCUT2D eigenvalue weighted by Crippen LogP contribution is 2.42. The summed E-state index contributed by atoms with van der Waals surface area (Å²) >= 11 is 0. The minimum Gasteiger partial charge on any atom is -0.381 e. The van der Waals surface area contributed by atoms with Gasteiger partial charge >= 0.3 is 0 Å². The maximum Gasteiger partial charge on any atom is 0.227 e. The first-order valence-electron chi connectivity index (χ1n) is 9.70. The Kier molecular flexibility index (Phi) is 4.83. The van der Waals surface area contributed by atoms with Crippen LogP contribution < -0.4 is 0 Å². The molecule has 1 aliphatic carbocycles. The lowest BCUT2D eigenvalue weighted by atomic mass is 9.79. The van der Waals surface area contributed by atoms with Crippen molar-refractivity contribution in [2.24, 2.45) is 11.8 Å². The fraction of sp³-hybridized carbons (Fsp3) is 0.667. The van der Waals surface area contributed by atoms with Crippen molar-refractivity contribution in [3.05, 3.63) is 35.4 Å². The van der Waals surface area contributed by atoms with Crippen LogP contribution in [0, 0.1) is 18.8 Å². The van der Waals surface area contributed by atoms with Crippen LogP contribution in [-0.4, -0.2) is 49.3 Å². The zero-order valence-electron chi connectivity index (χ0n) is 15.2. The first kappa shape index (κ1) is 17.0. The third kappa shape index (κ3) is 3.75. The van der Waals surface area contributed by atoms with Gasteiger partial charge in [-0.1, -0.05) is 24.3 Å². The van der Waals surface area contributed by atoms with E-state index in [1.54, 1.807) is 0 Å². The number of benzene rings is 1. The highest BCUT2D eigenvalue weighted by Gasteiger charge is 2.53. The van der Waals surface area contributed by atoms with Gasteiger partial charge in [0.2, 0.25) is 5.91 Å². The van der Waals surface area contributed by atoms with E-state index in [-0.39, 0.29) is 11.5 Å². The quantitative estimate of drug-likeness (QED) is 0.715. The summed E-state index contributed by atoms with van der Waals surface area (Å²) in [6.07, 6.45) is 5.35. The van der Waals surface area contributed by atoms with Gasteiger partial charge in [0, 0.05) is 19.8 Å². The maximum atomic E-state index is 12.6. The summed E-state index contributed by atoms with van der Waals surface area (Å²) in [6.45, 7) is 6.17. The Labute approximate surface area is 150 Å². The van der Waals surface area contributed by atoms with E-state index in [1.807, 2.05) is 17.0 Å². The van der Waals surface area contributed by atoms with E-state index >= 15 is 0 Å². The van der Waals surface area contributed by atoms with Crippen LogP contribution in [0.2, 0.25) is 0 Å². The fourth-order valence-electron chi connectivity index (χ4n) is 4.16. The van der Waals surface area contributed by atoms with Crippen LogP contribution in [0.3, 0.4) is 0 Å². The molecule has 0 aromatic heterocycles. The third-order valence-corrected chi connectivity index (χ3v) is 6.13. The van der Waals surface area contributed by atoms with Gasteiger partial charge in [0.1, 0.15) is 5.60 Å². The molecular weight excluding hydrogens is 314 g/mol. The molecule has 136 valence electrons. The molecule has 1 atom stereocenters. The Morgan fingerprint density at radius 2 is 2.08 bits per heavy atom. The molecule has 3 fully saturated rings. The number of hydrogen-bond acceptors (Lipinski definition) is 3. The number of carbonyl (C=O) groups excluding carboxylic acids is 1. The van der Waals surface area contributed by atoms with Crippen molar-refractivity contribution >= 4 is 5.91 Å². The van der Waals surface area contributed by atoms with Crippen LogP contribution in [-0.2, 0) is 20.7 Å². The summed E-state index contributed by atoms with van der Waals surface area (Å²) in [5, 5.41) is 0. The van der Waals surface area contributed by atoms with Gasteiger partial charge in [0.05, 0.1) is 19.5 Å². The van der Waals surface area contributed by atoms with E-state index in [0.29, 0.717) is 12.3 Å². The number of carbonyl (C=O) groups is 1. The molecule has 3 aliphatic rings. The standard InChI is InChI=1S/C21H29NO3/c1-16-4-2-3-5-18(16)12-20(23)22-14-21(15-22)19(9-11-25-21)8-10-24-13-17-6-7-17/h2-5,17,19H,6-15H2,1H3/t19-/m1/s1. The van der Waals surface area contributed by atoms with Crippen molar-refractivity contribution in [1.29, 1.82) is 0 Å². The molecule has 0 N–H and O–H groups in total. The Bertz CT molecular complexity index is 619. The van der Waals surface area contributed by atoms with Crippen molar-refractivity contribution in [1.82, 2.24) is 4.90 Å². The number of hydrogen-bond donors (Lipinski definition) is 0. The van der Waals surface area contributed by atoms with Crippen LogP contribution in [0.25, 0.3) is 0 Å². The summed E-state index contributed by atoms with van der Waals surface area (Å²) in [5.41, 5.74) is 2.23. The number of likely N-dealkylation sites (tertiary alicyclic amines) is 1. The first-order chi connectivity index (χ1) is 12.2. The number of nitrogens with zero attached hydrogens (tertiary/aromatic N) is 1. The zero-order valence-corrected chi connectivity index (χ0v) is 15.2. The van der Waals surface area contributed by atoms with Crippen molar-refractivity contribution in [2.45, 2.75) is 44.6 Å². The van der Waals surface area contributed by atoms with E-state index in [0.717, 1.165) is 57.2 Å². The molecule has 0 radical (unpaired) electrons. The molecule has 1 spiro atoms. The Hall–Kier alpha value is -1.39. The normalized spacial score (nSPS) is 24.5. The van der Waals surface area contributed by atoms with E-state index in [9.17, 15) is 4.79 Å². The molecule has 0 bridgehead atoms. The lowest BCUT2D eigenvalue weighted by molar-refractivity contribution is -0.165. The smallest absolute Gasteiger partial charge is 0.227 e. The molecule has 2 saturated heterocycles. The topological polar surface area (TPSA) is 38.8 Å². The number of rotatable bonds is 7. The molecule has 2 heterocycles. The van der Waals surface area contributed by atoms with E-state index in [4.69, 9.17) is 9.47 Å². The Morgan fingerprint density at radius 1 is 1.28 bits per heavy atom. The molecule has 1 aromatic carbocycles. The summed E-state index contributed by atoms with van der Waals surface area (Å²) in [6, 6.07) is 8.14. The number of aryl methyl sites for hydroxylation is 1. The Morgan fingerprint density at radius 3 is 2.84 bits per heavy atom. The van der Waals surface area contributed by atoms with Gasteiger partial charge in [-0.15, -0.1) is 0 Å². The molecule has 25 heavy (non-hydrogen) atoms. The summed E-state index contributed by atoms with van der Waals surface area (Å²) in [5.74, 6) is 1.58. The maximum absolute atomic E-state index is 12.6. The number of amides is 1. The summed E-state index contributed by atoms with van der Waals surface area (Å²) in [4.78, 5) is 14.5. The van der Waals surface area contributed by atoms with Gasteiger partial charge in [-0.2, -0.15) is 0 Å². The molecule has 0 unspecified atom stereocenters. The lowest BCUT2D eigenvalue weighted by Crippen LogP contribution is -2.66. The minimum atomic E-state index is -0.0929. The van der Waals surface area contributed by atoms with Crippen LogP contribution in [0.1, 0.15) is 36.8 Å². The van der Waals surface area contributed by atoms with Crippen LogP contribution in [0.5, 0.6) is 0 Å². The first-order valence-corrected chi connectivity index (χ1v) is 9.70. The van der Waals surface area contributed by atoms with E-state index in [1.165, 1.54) is 18.4 Å². The van der Waals surface area contributed by atoms with Gasteiger partial charge in [-0.3, -0.25) is 4.79 Å². The molecule has 2 aliphatic heterocycles. The number of ether oxygens (including phenoxy) is 2. The Balaban J connectivity index is 1.25. The van der Waals surface area contributed by atoms with Crippen molar-refractivity contribution in [3.63, 3.8) is 0 Å². The second-order valence-electron chi connectivity index (χ2n) is 8.06. The molecular formula is C21H29NO3. The summed E-state index contributed by atoms with van der Waals surface area (Å²) in [7, 11) is 0. The van der Waals surface area contributed by atoms with Crippen molar-refractivity contribution in [3.8, 4) is 0 Å². The van der Waals surface area contributed by atoms with Crippen molar-refractivity contribution in [2.75, 3.05) is 32.9 Å². The van der Waals surface area contributed by atoms with Gasteiger partial charge < -0.3 is 14.4 Å². The molecule has 1 aromatic rings. The molecule has 1 saturated carbocycles. The fourth-order valence-corrected chi connectivity index (χ4v) is 4.16. The molecule has 4 rings (SSSR count). The lowest BCUT2D eigenvalue weighted by Gasteiger charge is -2.50. The average molecular weight is 343 g/mol. The van der Waals surface area contributed by atoms with Gasteiger partial charge in [0.15, 0.2) is 0 Å².